The van der Waals surface area contributed by atoms with E-state index in [2.05, 4.69) is 23.7 Å². The Hall–Kier alpha value is -2.01. The van der Waals surface area contributed by atoms with Crippen LogP contribution in [0.15, 0.2) is 30.3 Å². The summed E-state index contributed by atoms with van der Waals surface area (Å²) in [5.74, 6) is 0.866. The monoisotopic (exact) mass is 369 g/mol. The lowest BCUT2D eigenvalue weighted by molar-refractivity contribution is 0.0699. The molecule has 0 N–H and O–H groups in total. The first-order chi connectivity index (χ1) is 13.0. The van der Waals surface area contributed by atoms with Gasteiger partial charge < -0.3 is 4.90 Å². The molecule has 144 valence electrons. The van der Waals surface area contributed by atoms with E-state index in [1.54, 1.807) is 18.2 Å². The van der Waals surface area contributed by atoms with Crippen LogP contribution >= 0.6 is 0 Å². The van der Waals surface area contributed by atoms with Gasteiger partial charge in [-0.1, -0.05) is 32.0 Å². The van der Waals surface area contributed by atoms with Crippen molar-refractivity contribution in [3.63, 3.8) is 0 Å². The van der Waals surface area contributed by atoms with Crippen molar-refractivity contribution in [1.82, 2.24) is 14.8 Å². The summed E-state index contributed by atoms with van der Waals surface area (Å²) in [5, 5.41) is 0.720. The fraction of sp³-hybridized carbons (Fsp3) is 0.545. The Balaban J connectivity index is 1.56. The number of carbonyl (C=O) groups excluding carboxylic acids is 1. The lowest BCUT2D eigenvalue weighted by Gasteiger charge is -2.34. The number of pyridine rings is 1. The first-order valence-corrected chi connectivity index (χ1v) is 10.1. The Morgan fingerprint density at radius 2 is 2.04 bits per heavy atom. The van der Waals surface area contributed by atoms with Crippen molar-refractivity contribution in [1.29, 1.82) is 0 Å². The van der Waals surface area contributed by atoms with Gasteiger partial charge in [0.25, 0.3) is 5.91 Å². The highest BCUT2D eigenvalue weighted by atomic mass is 19.1. The van der Waals surface area contributed by atoms with Gasteiger partial charge in [0.2, 0.25) is 0 Å². The summed E-state index contributed by atoms with van der Waals surface area (Å²) in [7, 11) is 0. The first kappa shape index (κ1) is 18.4. The SMILES string of the molecule is CC(C)[C@@H]1CN(C(=O)c2ccc3cccc(F)c3n2)CCCN1CC1CC1. The minimum atomic E-state index is -0.381. The second-order valence-electron chi connectivity index (χ2n) is 8.36. The van der Waals surface area contributed by atoms with Crippen LogP contribution in [0.2, 0.25) is 0 Å². The summed E-state index contributed by atoms with van der Waals surface area (Å²) in [6.07, 6.45) is 3.66. The number of carbonyl (C=O) groups is 1. The van der Waals surface area contributed by atoms with Crippen LogP contribution in [-0.4, -0.2) is 52.9 Å². The maximum atomic E-state index is 14.1. The molecule has 2 aromatic rings. The van der Waals surface area contributed by atoms with Crippen LogP contribution in [0.1, 0.15) is 43.6 Å². The fourth-order valence-electron chi connectivity index (χ4n) is 4.13. The standard InChI is InChI=1S/C22H28FN3O/c1-15(2)20-14-26(12-4-11-25(20)13-16-7-8-16)22(27)19-10-9-17-5-3-6-18(23)21(17)24-19/h3,5-6,9-10,15-16,20H,4,7-8,11-14H2,1-2H3/t20-/m0/s1. The Morgan fingerprint density at radius 1 is 1.22 bits per heavy atom. The van der Waals surface area contributed by atoms with Gasteiger partial charge in [0.1, 0.15) is 17.0 Å². The summed E-state index contributed by atoms with van der Waals surface area (Å²) >= 11 is 0. The maximum absolute atomic E-state index is 14.1. The van der Waals surface area contributed by atoms with Gasteiger partial charge >= 0.3 is 0 Å². The number of para-hydroxylation sites is 1. The van der Waals surface area contributed by atoms with Crippen molar-refractivity contribution in [3.05, 3.63) is 41.8 Å². The number of nitrogens with zero attached hydrogens (tertiary/aromatic N) is 3. The van der Waals surface area contributed by atoms with E-state index in [1.807, 2.05) is 11.0 Å². The molecule has 1 saturated heterocycles. The highest BCUT2D eigenvalue weighted by Crippen LogP contribution is 2.32. The smallest absolute Gasteiger partial charge is 0.272 e. The van der Waals surface area contributed by atoms with E-state index < -0.39 is 0 Å². The zero-order valence-corrected chi connectivity index (χ0v) is 16.2. The topological polar surface area (TPSA) is 36.4 Å². The fourth-order valence-corrected chi connectivity index (χ4v) is 4.13. The molecule has 1 saturated carbocycles. The number of amides is 1. The van der Waals surface area contributed by atoms with Crippen molar-refractivity contribution in [2.24, 2.45) is 11.8 Å². The molecule has 2 fully saturated rings. The normalized spacial score (nSPS) is 21.6. The zero-order chi connectivity index (χ0) is 19.0. The maximum Gasteiger partial charge on any atom is 0.272 e. The van der Waals surface area contributed by atoms with E-state index in [0.29, 0.717) is 17.7 Å². The summed E-state index contributed by atoms with van der Waals surface area (Å²) in [5.41, 5.74) is 0.611. The molecule has 1 atom stereocenters. The number of hydrogen-bond acceptors (Lipinski definition) is 3. The lowest BCUT2D eigenvalue weighted by atomic mass is 10.0. The van der Waals surface area contributed by atoms with Crippen molar-refractivity contribution >= 4 is 16.8 Å². The largest absolute Gasteiger partial charge is 0.336 e. The summed E-state index contributed by atoms with van der Waals surface area (Å²) in [6.45, 7) is 8.14. The first-order valence-electron chi connectivity index (χ1n) is 10.1. The van der Waals surface area contributed by atoms with Crippen molar-refractivity contribution in [3.8, 4) is 0 Å². The quantitative estimate of drug-likeness (QED) is 0.819. The van der Waals surface area contributed by atoms with Crippen LogP contribution in [0.25, 0.3) is 10.9 Å². The molecule has 2 heterocycles. The van der Waals surface area contributed by atoms with E-state index in [9.17, 15) is 9.18 Å². The van der Waals surface area contributed by atoms with E-state index >= 15 is 0 Å². The van der Waals surface area contributed by atoms with E-state index in [4.69, 9.17) is 0 Å². The second kappa shape index (κ2) is 7.55. The third-order valence-corrected chi connectivity index (χ3v) is 5.89. The molecule has 0 radical (unpaired) electrons. The van der Waals surface area contributed by atoms with E-state index in [-0.39, 0.29) is 17.2 Å². The highest BCUT2D eigenvalue weighted by molar-refractivity contribution is 5.95. The third-order valence-electron chi connectivity index (χ3n) is 5.89. The van der Waals surface area contributed by atoms with Gasteiger partial charge in [-0.15, -0.1) is 0 Å². The van der Waals surface area contributed by atoms with Crippen LogP contribution < -0.4 is 0 Å². The van der Waals surface area contributed by atoms with Crippen molar-refractivity contribution in [2.45, 2.75) is 39.2 Å². The predicted octanol–water partition coefficient (Wildman–Crippen LogP) is 3.96. The second-order valence-corrected chi connectivity index (χ2v) is 8.36. The molecule has 4 rings (SSSR count). The van der Waals surface area contributed by atoms with Crippen molar-refractivity contribution < 1.29 is 9.18 Å². The molecular formula is C22H28FN3O. The van der Waals surface area contributed by atoms with Gasteiger partial charge in [-0.3, -0.25) is 9.69 Å². The summed E-state index contributed by atoms with van der Waals surface area (Å²) in [4.78, 5) is 22.0. The average molecular weight is 369 g/mol. The minimum absolute atomic E-state index is 0.0842. The van der Waals surface area contributed by atoms with E-state index in [1.165, 1.54) is 18.9 Å². The molecule has 1 amide bonds. The van der Waals surface area contributed by atoms with Gasteiger partial charge in [-0.05, 0) is 43.2 Å². The van der Waals surface area contributed by atoms with Gasteiger partial charge in [-0.25, -0.2) is 9.37 Å². The third kappa shape index (κ3) is 3.98. The summed E-state index contributed by atoms with van der Waals surface area (Å²) < 4.78 is 14.1. The Morgan fingerprint density at radius 3 is 2.78 bits per heavy atom. The van der Waals surface area contributed by atoms with Gasteiger partial charge in [0.05, 0.1) is 0 Å². The Bertz CT molecular complexity index is 833. The van der Waals surface area contributed by atoms with Crippen LogP contribution in [-0.2, 0) is 0 Å². The van der Waals surface area contributed by atoms with Gasteiger partial charge in [-0.2, -0.15) is 0 Å². The number of rotatable bonds is 4. The highest BCUT2D eigenvalue weighted by Gasteiger charge is 2.33. The minimum Gasteiger partial charge on any atom is -0.336 e. The number of benzene rings is 1. The Kier molecular flexibility index (Phi) is 5.13. The van der Waals surface area contributed by atoms with Crippen LogP contribution in [0.4, 0.5) is 4.39 Å². The van der Waals surface area contributed by atoms with E-state index in [0.717, 1.165) is 43.9 Å². The molecule has 27 heavy (non-hydrogen) atoms. The van der Waals surface area contributed by atoms with Gasteiger partial charge in [0.15, 0.2) is 0 Å². The zero-order valence-electron chi connectivity index (χ0n) is 16.2. The molecule has 1 aromatic carbocycles. The lowest BCUT2D eigenvalue weighted by Crippen LogP contribution is -2.46. The number of fused-ring (bicyclic) bond motifs is 1. The number of hydrogen-bond donors (Lipinski definition) is 0. The molecule has 0 spiro atoms. The molecule has 1 aliphatic carbocycles. The number of aromatic nitrogens is 1. The number of halogens is 1. The molecule has 0 bridgehead atoms. The van der Waals surface area contributed by atoms with Crippen molar-refractivity contribution in [2.75, 3.05) is 26.2 Å². The molecule has 4 nitrogen and oxygen atoms in total. The van der Waals surface area contributed by atoms with Crippen LogP contribution in [0, 0.1) is 17.7 Å². The molecule has 5 heteroatoms. The van der Waals surface area contributed by atoms with Crippen LogP contribution in [0.3, 0.4) is 0 Å². The van der Waals surface area contributed by atoms with Crippen LogP contribution in [0.5, 0.6) is 0 Å². The molecule has 2 aliphatic rings. The molecule has 0 unspecified atom stereocenters. The molecule has 1 aliphatic heterocycles. The van der Waals surface area contributed by atoms with Gasteiger partial charge in [0, 0.05) is 37.6 Å². The Labute approximate surface area is 160 Å². The predicted molar refractivity (Wildman–Crippen MR) is 105 cm³/mol. The molecule has 1 aromatic heterocycles. The summed E-state index contributed by atoms with van der Waals surface area (Å²) in [6, 6.07) is 8.75. The molecular weight excluding hydrogens is 341 g/mol. The average Bonchev–Trinajstić information content (AvgIpc) is 3.48.